The molecule has 5 heteroatoms. The van der Waals surface area contributed by atoms with Gasteiger partial charge in [0.25, 0.3) is 0 Å². The molecule has 2 aromatic heterocycles. The lowest BCUT2D eigenvalue weighted by atomic mass is 9.85. The molecule has 112 valence electrons. The zero-order valence-electron chi connectivity index (χ0n) is 12.8. The molecule has 1 aliphatic carbocycles. The first-order valence-electron chi connectivity index (χ1n) is 7.77. The average molecular weight is 285 g/mol. The number of anilines is 1. The van der Waals surface area contributed by atoms with Crippen LogP contribution in [-0.4, -0.2) is 19.7 Å². The predicted octanol–water partition coefficient (Wildman–Crippen LogP) is 3.18. The highest BCUT2D eigenvalue weighted by atomic mass is 15.3. The summed E-state index contributed by atoms with van der Waals surface area (Å²) >= 11 is 0. The molecule has 0 aliphatic heterocycles. The van der Waals surface area contributed by atoms with Crippen LogP contribution in [0.25, 0.3) is 0 Å². The van der Waals surface area contributed by atoms with E-state index in [-0.39, 0.29) is 0 Å². The van der Waals surface area contributed by atoms with Crippen LogP contribution in [0, 0.1) is 6.92 Å². The van der Waals surface area contributed by atoms with Crippen molar-refractivity contribution in [3.8, 4) is 0 Å². The van der Waals surface area contributed by atoms with Crippen LogP contribution in [0.3, 0.4) is 0 Å². The summed E-state index contributed by atoms with van der Waals surface area (Å²) in [4.78, 5) is 8.38. The number of aromatic nitrogens is 4. The Hall–Kier alpha value is -1.91. The van der Waals surface area contributed by atoms with Gasteiger partial charge < -0.3 is 5.32 Å². The molecule has 1 N–H and O–H groups in total. The Morgan fingerprint density at radius 1 is 1.24 bits per heavy atom. The molecule has 0 atom stereocenters. The van der Waals surface area contributed by atoms with E-state index in [4.69, 9.17) is 5.10 Å². The summed E-state index contributed by atoms with van der Waals surface area (Å²) in [6.45, 7) is 2.75. The summed E-state index contributed by atoms with van der Waals surface area (Å²) in [6.07, 6.45) is 10.3. The molecule has 0 amide bonds. The molecule has 0 saturated heterocycles. The van der Waals surface area contributed by atoms with E-state index in [0.29, 0.717) is 5.92 Å². The smallest absolute Gasteiger partial charge is 0.129 e. The normalized spacial score (nSPS) is 16.1. The number of nitrogens with one attached hydrogen (secondary N) is 1. The molecule has 1 saturated carbocycles. The molecule has 1 aliphatic rings. The summed E-state index contributed by atoms with van der Waals surface area (Å²) in [5, 5.41) is 8.10. The zero-order chi connectivity index (χ0) is 14.7. The summed E-state index contributed by atoms with van der Waals surface area (Å²) < 4.78 is 1.94. The van der Waals surface area contributed by atoms with Gasteiger partial charge in [-0.05, 0) is 19.8 Å². The van der Waals surface area contributed by atoms with Crippen molar-refractivity contribution in [2.75, 3.05) is 5.32 Å². The molecule has 5 nitrogen and oxygen atoms in total. The summed E-state index contributed by atoms with van der Waals surface area (Å²) in [5.41, 5.74) is 3.54. The van der Waals surface area contributed by atoms with E-state index in [9.17, 15) is 0 Å². The van der Waals surface area contributed by atoms with Gasteiger partial charge in [0, 0.05) is 43.0 Å². The monoisotopic (exact) mass is 285 g/mol. The third-order valence-electron chi connectivity index (χ3n) is 4.19. The lowest BCUT2D eigenvalue weighted by Crippen LogP contribution is -2.10. The summed E-state index contributed by atoms with van der Waals surface area (Å²) in [6, 6.07) is 1.97. The Labute approximate surface area is 125 Å². The Morgan fingerprint density at radius 2 is 2.05 bits per heavy atom. The topological polar surface area (TPSA) is 55.6 Å². The molecular formula is C16H23N5. The van der Waals surface area contributed by atoms with Crippen LogP contribution < -0.4 is 5.32 Å². The second kappa shape index (κ2) is 6.24. The Bertz CT molecular complexity index is 598. The van der Waals surface area contributed by atoms with Gasteiger partial charge in [-0.2, -0.15) is 5.10 Å². The molecular weight excluding hydrogens is 262 g/mol. The van der Waals surface area contributed by atoms with E-state index in [2.05, 4.69) is 21.5 Å². The first kappa shape index (κ1) is 14.0. The van der Waals surface area contributed by atoms with Gasteiger partial charge in [0.05, 0.1) is 5.69 Å². The van der Waals surface area contributed by atoms with Crippen molar-refractivity contribution in [1.29, 1.82) is 0 Å². The number of rotatable bonds is 4. The van der Waals surface area contributed by atoms with Crippen LogP contribution in [0.1, 0.15) is 55.0 Å². The molecule has 0 unspecified atom stereocenters. The van der Waals surface area contributed by atoms with Gasteiger partial charge in [0.1, 0.15) is 12.1 Å². The first-order valence-corrected chi connectivity index (χ1v) is 7.77. The van der Waals surface area contributed by atoms with Crippen LogP contribution in [0.4, 0.5) is 5.82 Å². The van der Waals surface area contributed by atoms with Gasteiger partial charge in [0.2, 0.25) is 0 Å². The van der Waals surface area contributed by atoms with E-state index in [1.807, 2.05) is 24.7 Å². The molecule has 2 aromatic rings. The number of nitrogens with zero attached hydrogens (tertiary/aromatic N) is 4. The van der Waals surface area contributed by atoms with Gasteiger partial charge in [0.15, 0.2) is 0 Å². The Kier molecular flexibility index (Phi) is 4.18. The summed E-state index contributed by atoms with van der Waals surface area (Å²) in [7, 11) is 2.00. The number of aryl methyl sites for hydroxylation is 2. The van der Waals surface area contributed by atoms with E-state index < -0.39 is 0 Å². The minimum atomic E-state index is 0.629. The van der Waals surface area contributed by atoms with Crippen molar-refractivity contribution < 1.29 is 0 Å². The average Bonchev–Trinajstić information content (AvgIpc) is 2.87. The Balaban J connectivity index is 1.72. The van der Waals surface area contributed by atoms with Crippen LogP contribution in [0.5, 0.6) is 0 Å². The fraction of sp³-hybridized carbons (Fsp3) is 0.562. The van der Waals surface area contributed by atoms with Crippen molar-refractivity contribution in [2.45, 2.75) is 51.5 Å². The van der Waals surface area contributed by atoms with Crippen LogP contribution in [0.15, 0.2) is 18.6 Å². The lowest BCUT2D eigenvalue weighted by molar-refractivity contribution is 0.432. The second-order valence-electron chi connectivity index (χ2n) is 5.95. The second-order valence-corrected chi connectivity index (χ2v) is 5.95. The van der Waals surface area contributed by atoms with Gasteiger partial charge >= 0.3 is 0 Å². The van der Waals surface area contributed by atoms with Crippen LogP contribution in [0.2, 0.25) is 0 Å². The van der Waals surface area contributed by atoms with Gasteiger partial charge in [-0.25, -0.2) is 9.97 Å². The van der Waals surface area contributed by atoms with Crippen molar-refractivity contribution in [3.63, 3.8) is 0 Å². The molecule has 0 bridgehead atoms. The largest absolute Gasteiger partial charge is 0.366 e. The van der Waals surface area contributed by atoms with Gasteiger partial charge in [-0.1, -0.05) is 19.3 Å². The maximum absolute atomic E-state index is 4.71. The van der Waals surface area contributed by atoms with Gasteiger partial charge in [-0.3, -0.25) is 4.68 Å². The quantitative estimate of drug-likeness (QED) is 0.937. The predicted molar refractivity (Wildman–Crippen MR) is 83.1 cm³/mol. The van der Waals surface area contributed by atoms with Crippen LogP contribution in [-0.2, 0) is 13.6 Å². The third-order valence-corrected chi connectivity index (χ3v) is 4.19. The standard InChI is InChI=1S/C16H23N5/c1-12-8-15(19-11-18-12)17-9-14-10-21(2)20-16(14)13-6-4-3-5-7-13/h8,10-11,13H,3-7,9H2,1-2H3,(H,17,18,19). The first-order chi connectivity index (χ1) is 10.2. The maximum Gasteiger partial charge on any atom is 0.129 e. The number of hydrogen-bond acceptors (Lipinski definition) is 4. The van der Waals surface area contributed by atoms with Crippen LogP contribution >= 0.6 is 0 Å². The minimum absolute atomic E-state index is 0.629. The molecule has 3 rings (SSSR count). The van der Waals surface area contributed by atoms with Crippen molar-refractivity contribution in [1.82, 2.24) is 19.7 Å². The highest BCUT2D eigenvalue weighted by Gasteiger charge is 2.21. The Morgan fingerprint density at radius 3 is 2.81 bits per heavy atom. The van der Waals surface area contributed by atoms with Crippen molar-refractivity contribution >= 4 is 5.82 Å². The van der Waals surface area contributed by atoms with E-state index in [1.54, 1.807) is 6.33 Å². The SMILES string of the molecule is Cc1cc(NCc2cn(C)nc2C2CCCCC2)ncn1. The highest BCUT2D eigenvalue weighted by molar-refractivity contribution is 5.36. The zero-order valence-corrected chi connectivity index (χ0v) is 12.8. The molecule has 0 radical (unpaired) electrons. The maximum atomic E-state index is 4.71. The van der Waals surface area contributed by atoms with E-state index >= 15 is 0 Å². The molecule has 2 heterocycles. The fourth-order valence-electron chi connectivity index (χ4n) is 3.15. The molecule has 0 spiro atoms. The lowest BCUT2D eigenvalue weighted by Gasteiger charge is -2.21. The molecule has 21 heavy (non-hydrogen) atoms. The third kappa shape index (κ3) is 3.40. The van der Waals surface area contributed by atoms with Crippen molar-refractivity contribution in [2.24, 2.45) is 7.05 Å². The van der Waals surface area contributed by atoms with E-state index in [0.717, 1.165) is 18.1 Å². The van der Waals surface area contributed by atoms with Crippen molar-refractivity contribution in [3.05, 3.63) is 35.5 Å². The van der Waals surface area contributed by atoms with E-state index in [1.165, 1.54) is 43.4 Å². The molecule has 0 aromatic carbocycles. The minimum Gasteiger partial charge on any atom is -0.366 e. The summed E-state index contributed by atoms with van der Waals surface area (Å²) in [5.74, 6) is 1.50. The highest BCUT2D eigenvalue weighted by Crippen LogP contribution is 2.33. The number of hydrogen-bond donors (Lipinski definition) is 1. The molecule has 1 fully saturated rings. The fourth-order valence-corrected chi connectivity index (χ4v) is 3.15. The van der Waals surface area contributed by atoms with Gasteiger partial charge in [-0.15, -0.1) is 0 Å².